The summed E-state index contributed by atoms with van der Waals surface area (Å²) in [5.74, 6) is 0. The van der Waals surface area contributed by atoms with Crippen LogP contribution < -0.4 is 11.5 Å². The minimum Gasteiger partial charge on any atom is -0.329 e. The molecule has 0 amide bonds. The summed E-state index contributed by atoms with van der Waals surface area (Å²) in [6.07, 6.45) is 3.00. The molecule has 0 aliphatic heterocycles. The molecule has 13 heavy (non-hydrogen) atoms. The molecule has 1 aromatic rings. The van der Waals surface area contributed by atoms with Gasteiger partial charge in [-0.3, -0.25) is 4.98 Å². The maximum Gasteiger partial charge on any atom is 0.0652 e. The van der Waals surface area contributed by atoms with E-state index in [1.54, 1.807) is 0 Å². The Morgan fingerprint density at radius 1 is 1.31 bits per heavy atom. The first-order chi connectivity index (χ1) is 5.66. The summed E-state index contributed by atoms with van der Waals surface area (Å²) in [5, 5.41) is 0.918. The van der Waals surface area contributed by atoms with Crippen molar-refractivity contribution in [3.05, 3.63) is 28.0 Å². The zero-order valence-electron chi connectivity index (χ0n) is 6.71. The molecule has 0 spiro atoms. The van der Waals surface area contributed by atoms with Crippen LogP contribution in [0.2, 0.25) is 10.0 Å². The minimum absolute atomic E-state index is 0. The van der Waals surface area contributed by atoms with Gasteiger partial charge in [0.15, 0.2) is 0 Å². The van der Waals surface area contributed by atoms with E-state index in [0.29, 0.717) is 22.2 Å². The van der Waals surface area contributed by atoms with Crippen LogP contribution in [-0.2, 0) is 0 Å². The van der Waals surface area contributed by atoms with Gasteiger partial charge in [-0.1, -0.05) is 23.2 Å². The maximum atomic E-state index is 5.82. The average Bonchev–Trinajstić information content (AvgIpc) is 2.03. The molecule has 1 heterocycles. The highest BCUT2D eigenvalue weighted by molar-refractivity contribution is 6.35. The van der Waals surface area contributed by atoms with Crippen molar-refractivity contribution in [2.24, 2.45) is 11.5 Å². The van der Waals surface area contributed by atoms with Crippen LogP contribution in [0.15, 0.2) is 12.4 Å². The second kappa shape index (κ2) is 5.62. The van der Waals surface area contributed by atoms with E-state index >= 15 is 0 Å². The van der Waals surface area contributed by atoms with E-state index in [0.717, 1.165) is 0 Å². The van der Waals surface area contributed by atoms with Gasteiger partial charge in [-0.2, -0.15) is 0 Å². The smallest absolute Gasteiger partial charge is 0.0652 e. The van der Waals surface area contributed by atoms with Gasteiger partial charge < -0.3 is 11.5 Å². The fourth-order valence-corrected chi connectivity index (χ4v) is 1.54. The predicted octanol–water partition coefficient (Wildman–Crippen LogP) is 1.77. The van der Waals surface area contributed by atoms with Gasteiger partial charge in [0.25, 0.3) is 0 Å². The first-order valence-corrected chi connectivity index (χ1v) is 4.17. The highest BCUT2D eigenvalue weighted by Gasteiger charge is 2.12. The van der Waals surface area contributed by atoms with Gasteiger partial charge in [-0.15, -0.1) is 12.4 Å². The van der Waals surface area contributed by atoms with E-state index in [2.05, 4.69) is 4.98 Å². The fourth-order valence-electron chi connectivity index (χ4n) is 0.893. The molecule has 1 aromatic heterocycles. The van der Waals surface area contributed by atoms with E-state index in [4.69, 9.17) is 34.7 Å². The Labute approximate surface area is 92.8 Å². The number of nitrogens with two attached hydrogens (primary N) is 2. The van der Waals surface area contributed by atoms with Crippen molar-refractivity contribution in [2.45, 2.75) is 6.04 Å². The molecule has 4 N–H and O–H groups in total. The number of halogens is 3. The SMILES string of the molecule is Cl.NC[C@@H](N)c1c(Cl)cncc1Cl. The lowest BCUT2D eigenvalue weighted by Gasteiger charge is -2.11. The third-order valence-corrected chi connectivity index (χ3v) is 2.12. The molecular formula is C7H10Cl3N3. The number of hydrogen-bond acceptors (Lipinski definition) is 3. The molecule has 0 aliphatic rings. The van der Waals surface area contributed by atoms with E-state index in [1.165, 1.54) is 12.4 Å². The highest BCUT2D eigenvalue weighted by Crippen LogP contribution is 2.27. The predicted molar refractivity (Wildman–Crippen MR) is 57.5 cm³/mol. The van der Waals surface area contributed by atoms with Crippen LogP contribution in [0.3, 0.4) is 0 Å². The second-order valence-corrected chi connectivity index (χ2v) is 3.17. The number of pyridine rings is 1. The number of hydrogen-bond donors (Lipinski definition) is 2. The monoisotopic (exact) mass is 241 g/mol. The molecule has 0 saturated heterocycles. The molecule has 6 heteroatoms. The molecule has 74 valence electrons. The summed E-state index contributed by atoms with van der Waals surface area (Å²) in [7, 11) is 0. The fraction of sp³-hybridized carbons (Fsp3) is 0.286. The van der Waals surface area contributed by atoms with Crippen molar-refractivity contribution >= 4 is 35.6 Å². The Hall–Kier alpha value is -0.0600. The van der Waals surface area contributed by atoms with Crippen LogP contribution in [0, 0.1) is 0 Å². The van der Waals surface area contributed by atoms with E-state index in [9.17, 15) is 0 Å². The highest BCUT2D eigenvalue weighted by atomic mass is 35.5. The van der Waals surface area contributed by atoms with E-state index < -0.39 is 0 Å². The quantitative estimate of drug-likeness (QED) is 0.831. The van der Waals surface area contributed by atoms with Crippen molar-refractivity contribution in [3.63, 3.8) is 0 Å². The van der Waals surface area contributed by atoms with Gasteiger partial charge in [0.2, 0.25) is 0 Å². The largest absolute Gasteiger partial charge is 0.329 e. The van der Waals surface area contributed by atoms with Crippen molar-refractivity contribution in [1.29, 1.82) is 0 Å². The lowest BCUT2D eigenvalue weighted by atomic mass is 10.1. The zero-order chi connectivity index (χ0) is 9.14. The Balaban J connectivity index is 0.00000144. The van der Waals surface area contributed by atoms with Crippen molar-refractivity contribution in [3.8, 4) is 0 Å². The number of rotatable bonds is 2. The lowest BCUT2D eigenvalue weighted by molar-refractivity contribution is 0.736. The zero-order valence-corrected chi connectivity index (χ0v) is 9.03. The van der Waals surface area contributed by atoms with Crippen LogP contribution in [0.25, 0.3) is 0 Å². The van der Waals surface area contributed by atoms with Gasteiger partial charge in [-0.25, -0.2) is 0 Å². The molecule has 3 nitrogen and oxygen atoms in total. The topological polar surface area (TPSA) is 64.9 Å². The van der Waals surface area contributed by atoms with Crippen molar-refractivity contribution in [1.82, 2.24) is 4.98 Å². The third-order valence-electron chi connectivity index (χ3n) is 1.52. The van der Waals surface area contributed by atoms with Crippen LogP contribution in [0.1, 0.15) is 11.6 Å². The average molecular weight is 243 g/mol. The Kier molecular flexibility index (Phi) is 5.60. The first kappa shape index (κ1) is 12.9. The Morgan fingerprint density at radius 3 is 2.15 bits per heavy atom. The number of nitrogens with zero attached hydrogens (tertiary/aromatic N) is 1. The van der Waals surface area contributed by atoms with Gasteiger partial charge in [0, 0.05) is 30.5 Å². The van der Waals surface area contributed by atoms with Crippen LogP contribution in [0.4, 0.5) is 0 Å². The second-order valence-electron chi connectivity index (χ2n) is 2.36. The van der Waals surface area contributed by atoms with Gasteiger partial charge in [-0.05, 0) is 0 Å². The molecule has 0 aromatic carbocycles. The molecule has 1 rings (SSSR count). The summed E-state index contributed by atoms with van der Waals surface area (Å²) < 4.78 is 0. The van der Waals surface area contributed by atoms with Gasteiger partial charge in [0.1, 0.15) is 0 Å². The summed E-state index contributed by atoms with van der Waals surface area (Å²) in [6, 6.07) is -0.326. The molecule has 0 unspecified atom stereocenters. The van der Waals surface area contributed by atoms with Crippen LogP contribution >= 0.6 is 35.6 Å². The molecular weight excluding hydrogens is 232 g/mol. The van der Waals surface area contributed by atoms with Gasteiger partial charge in [0.05, 0.1) is 10.0 Å². The maximum absolute atomic E-state index is 5.82. The van der Waals surface area contributed by atoms with Crippen LogP contribution in [-0.4, -0.2) is 11.5 Å². The molecule has 0 aliphatic carbocycles. The Morgan fingerprint density at radius 2 is 1.77 bits per heavy atom. The summed E-state index contributed by atoms with van der Waals surface area (Å²) >= 11 is 11.6. The summed E-state index contributed by atoms with van der Waals surface area (Å²) in [4.78, 5) is 3.80. The van der Waals surface area contributed by atoms with Gasteiger partial charge >= 0.3 is 0 Å². The van der Waals surface area contributed by atoms with Crippen LogP contribution in [0.5, 0.6) is 0 Å². The Bertz CT molecular complexity index is 259. The lowest BCUT2D eigenvalue weighted by Crippen LogP contribution is -2.21. The molecule has 1 atom stereocenters. The standard InChI is InChI=1S/C7H9Cl2N3.ClH/c8-4-2-12-3-5(9)7(4)6(11)1-10;/h2-3,6H,1,10-11H2;1H/t6-;/m1./s1. The van der Waals surface area contributed by atoms with E-state index in [-0.39, 0.29) is 18.4 Å². The van der Waals surface area contributed by atoms with Crippen molar-refractivity contribution < 1.29 is 0 Å². The molecule has 0 saturated carbocycles. The molecule has 0 bridgehead atoms. The summed E-state index contributed by atoms with van der Waals surface area (Å²) in [5.41, 5.74) is 11.7. The molecule has 0 radical (unpaired) electrons. The summed E-state index contributed by atoms with van der Waals surface area (Å²) in [6.45, 7) is 0.309. The number of aromatic nitrogens is 1. The third kappa shape index (κ3) is 2.97. The first-order valence-electron chi connectivity index (χ1n) is 3.41. The molecule has 0 fully saturated rings. The van der Waals surface area contributed by atoms with E-state index in [1.807, 2.05) is 0 Å². The minimum atomic E-state index is -0.326. The van der Waals surface area contributed by atoms with Crippen molar-refractivity contribution in [2.75, 3.05) is 6.54 Å². The normalized spacial score (nSPS) is 12.0.